The lowest BCUT2D eigenvalue weighted by atomic mass is 9.84. The molecular formula is C13H20N2O2S. The predicted octanol–water partition coefficient (Wildman–Crippen LogP) is 2.52. The van der Waals surface area contributed by atoms with Crippen LogP contribution in [-0.4, -0.2) is 26.2 Å². The van der Waals surface area contributed by atoms with Gasteiger partial charge in [0.25, 0.3) is 6.47 Å². The highest BCUT2D eigenvalue weighted by molar-refractivity contribution is 7.20. The molecule has 0 saturated carbocycles. The smallest absolute Gasteiger partial charge is 0.293 e. The lowest BCUT2D eigenvalue weighted by Crippen LogP contribution is -2.37. The van der Waals surface area contributed by atoms with E-state index in [4.69, 9.17) is 5.73 Å². The van der Waals surface area contributed by atoms with E-state index in [1.807, 2.05) is 0 Å². The number of rotatable bonds is 2. The fraction of sp³-hybridized carbons (Fsp3) is 0.615. The molecule has 4 nitrogen and oxygen atoms in total. The number of nitrogen functional groups attached to an aromatic ring is 1. The molecule has 2 N–H and O–H groups in total. The Labute approximate surface area is 112 Å². The summed E-state index contributed by atoms with van der Waals surface area (Å²) in [5.74, 6) is 0.813. The van der Waals surface area contributed by atoms with Crippen molar-refractivity contribution in [2.24, 2.45) is 0 Å². The Bertz CT molecular complexity index is 423. The third-order valence-corrected chi connectivity index (χ3v) is 4.83. The van der Waals surface area contributed by atoms with E-state index in [2.05, 4.69) is 16.6 Å². The van der Waals surface area contributed by atoms with Crippen LogP contribution in [0.15, 0.2) is 0 Å². The number of hydrogen-bond donors (Lipinski definition) is 1. The minimum atomic E-state index is 0.431. The second kappa shape index (κ2) is 5.61. The topological polar surface area (TPSA) is 55.6 Å². The molecule has 1 aromatic heterocycles. The second-order valence-corrected chi connectivity index (χ2v) is 5.65. The van der Waals surface area contributed by atoms with Crippen LogP contribution in [0.25, 0.3) is 0 Å². The molecule has 0 aliphatic carbocycles. The third kappa shape index (κ3) is 2.32. The second-order valence-electron chi connectivity index (χ2n) is 4.62. The Morgan fingerprint density at radius 2 is 2.17 bits per heavy atom. The summed E-state index contributed by atoms with van der Waals surface area (Å²) >= 11 is 1.78. The summed E-state index contributed by atoms with van der Waals surface area (Å²) in [6.45, 7) is 7.33. The molecule has 0 unspecified atom stereocenters. The summed E-state index contributed by atoms with van der Waals surface area (Å²) in [7, 11) is 0. The zero-order valence-corrected chi connectivity index (χ0v) is 11.8. The molecule has 4 rings (SSSR count). The van der Waals surface area contributed by atoms with Crippen molar-refractivity contribution in [2.75, 3.05) is 30.3 Å². The van der Waals surface area contributed by atoms with Gasteiger partial charge in [0.15, 0.2) is 0 Å². The van der Waals surface area contributed by atoms with Gasteiger partial charge in [-0.3, -0.25) is 4.79 Å². The van der Waals surface area contributed by atoms with Crippen molar-refractivity contribution in [3.05, 3.63) is 11.1 Å². The van der Waals surface area contributed by atoms with Crippen LogP contribution >= 0.6 is 11.3 Å². The highest BCUT2D eigenvalue weighted by Gasteiger charge is 2.34. The van der Waals surface area contributed by atoms with Gasteiger partial charge < -0.3 is 15.4 Å². The number of nitrogens with two attached hydrogens (primary N) is 1. The standard InChI is InChI=1S/C10H14N2S.C3H6O2/c1-6-8-7-2-4-12(5-3-7)10(8)13-9(6)11;1-2-5-3-4/h7H,2-5,11H2,1H3;3H,2H2,1H3. The van der Waals surface area contributed by atoms with Crippen molar-refractivity contribution in [2.45, 2.75) is 32.6 Å². The number of anilines is 2. The summed E-state index contributed by atoms with van der Waals surface area (Å²) < 4.78 is 4.15. The lowest BCUT2D eigenvalue weighted by molar-refractivity contribution is -0.128. The number of fused-ring (bicyclic) bond motifs is 2. The van der Waals surface area contributed by atoms with Crippen LogP contribution in [0, 0.1) is 6.92 Å². The molecule has 0 aromatic carbocycles. The number of carbonyl (C=O) groups excluding carboxylic acids is 1. The van der Waals surface area contributed by atoms with Gasteiger partial charge in [0.1, 0.15) is 0 Å². The van der Waals surface area contributed by atoms with Crippen LogP contribution in [0.4, 0.5) is 10.0 Å². The molecule has 3 aliphatic rings. The van der Waals surface area contributed by atoms with Gasteiger partial charge in [-0.15, -0.1) is 11.3 Å². The zero-order chi connectivity index (χ0) is 13.1. The van der Waals surface area contributed by atoms with E-state index in [9.17, 15) is 4.79 Å². The third-order valence-electron chi connectivity index (χ3n) is 3.64. The number of thiophene rings is 1. The maximum atomic E-state index is 9.18. The monoisotopic (exact) mass is 268 g/mol. The summed E-state index contributed by atoms with van der Waals surface area (Å²) in [5, 5.41) is 2.50. The van der Waals surface area contributed by atoms with E-state index in [0.717, 1.165) is 10.9 Å². The van der Waals surface area contributed by atoms with Crippen LogP contribution in [0.2, 0.25) is 0 Å². The average molecular weight is 268 g/mol. The minimum Gasteiger partial charge on any atom is -0.468 e. The van der Waals surface area contributed by atoms with Gasteiger partial charge in [0, 0.05) is 13.1 Å². The normalized spacial score (nSPS) is 16.9. The van der Waals surface area contributed by atoms with Gasteiger partial charge >= 0.3 is 0 Å². The van der Waals surface area contributed by atoms with Crippen molar-refractivity contribution >= 4 is 27.8 Å². The molecule has 100 valence electrons. The van der Waals surface area contributed by atoms with Crippen molar-refractivity contribution in [3.8, 4) is 0 Å². The first-order valence-corrected chi connectivity index (χ1v) is 7.19. The fourth-order valence-electron chi connectivity index (χ4n) is 2.68. The molecule has 0 spiro atoms. The molecule has 0 atom stereocenters. The van der Waals surface area contributed by atoms with E-state index < -0.39 is 0 Å². The Kier molecular flexibility index (Phi) is 4.11. The Morgan fingerprint density at radius 3 is 2.61 bits per heavy atom. The molecule has 18 heavy (non-hydrogen) atoms. The average Bonchev–Trinajstić information content (AvgIpc) is 2.71. The van der Waals surface area contributed by atoms with Crippen LogP contribution in [-0.2, 0) is 9.53 Å². The lowest BCUT2D eigenvalue weighted by Gasteiger charge is -2.40. The van der Waals surface area contributed by atoms with Gasteiger partial charge in [-0.25, -0.2) is 0 Å². The number of carbonyl (C=O) groups is 1. The molecule has 1 saturated heterocycles. The highest BCUT2D eigenvalue weighted by Crippen LogP contribution is 2.50. The van der Waals surface area contributed by atoms with E-state index in [-0.39, 0.29) is 0 Å². The Balaban J connectivity index is 0.000000209. The van der Waals surface area contributed by atoms with Crippen LogP contribution < -0.4 is 10.6 Å². The molecule has 2 bridgehead atoms. The summed E-state index contributed by atoms with van der Waals surface area (Å²) in [4.78, 5) is 11.7. The molecule has 3 aliphatic heterocycles. The zero-order valence-electron chi connectivity index (χ0n) is 10.9. The maximum absolute atomic E-state index is 9.18. The highest BCUT2D eigenvalue weighted by atomic mass is 32.1. The van der Waals surface area contributed by atoms with Gasteiger partial charge in [0.2, 0.25) is 0 Å². The summed E-state index contributed by atoms with van der Waals surface area (Å²) in [6, 6.07) is 0. The predicted molar refractivity (Wildman–Crippen MR) is 75.3 cm³/mol. The van der Waals surface area contributed by atoms with E-state index in [0.29, 0.717) is 13.1 Å². The largest absolute Gasteiger partial charge is 0.468 e. The number of hydrogen-bond acceptors (Lipinski definition) is 5. The quantitative estimate of drug-likeness (QED) is 0.837. The first-order valence-electron chi connectivity index (χ1n) is 6.38. The Morgan fingerprint density at radius 1 is 1.50 bits per heavy atom. The SMILES string of the molecule is CCOC=O.Cc1c(N)sc2c1C1CCN2CC1. The molecule has 5 heteroatoms. The van der Waals surface area contributed by atoms with Crippen molar-refractivity contribution in [1.82, 2.24) is 0 Å². The van der Waals surface area contributed by atoms with E-state index in [1.165, 1.54) is 36.5 Å². The number of piperidine rings is 1. The van der Waals surface area contributed by atoms with Gasteiger partial charge in [0.05, 0.1) is 16.6 Å². The van der Waals surface area contributed by atoms with Crippen molar-refractivity contribution in [1.29, 1.82) is 0 Å². The first-order chi connectivity index (χ1) is 8.69. The molecule has 1 aromatic rings. The van der Waals surface area contributed by atoms with Crippen LogP contribution in [0.1, 0.15) is 36.8 Å². The molecular weight excluding hydrogens is 248 g/mol. The van der Waals surface area contributed by atoms with Crippen molar-refractivity contribution in [3.63, 3.8) is 0 Å². The van der Waals surface area contributed by atoms with Crippen molar-refractivity contribution < 1.29 is 9.53 Å². The first kappa shape index (κ1) is 13.2. The van der Waals surface area contributed by atoms with E-state index in [1.54, 1.807) is 23.8 Å². The van der Waals surface area contributed by atoms with Crippen LogP contribution in [0.3, 0.4) is 0 Å². The maximum Gasteiger partial charge on any atom is 0.293 e. The van der Waals surface area contributed by atoms with E-state index >= 15 is 0 Å². The minimum absolute atomic E-state index is 0.431. The summed E-state index contributed by atoms with van der Waals surface area (Å²) in [5.41, 5.74) is 8.89. The van der Waals surface area contributed by atoms with Gasteiger partial charge in [-0.2, -0.15) is 0 Å². The molecule has 0 amide bonds. The molecule has 1 fully saturated rings. The van der Waals surface area contributed by atoms with Gasteiger partial charge in [-0.05, 0) is 43.7 Å². The molecule has 4 heterocycles. The number of ether oxygens (including phenoxy) is 1. The fourth-order valence-corrected chi connectivity index (χ4v) is 3.90. The summed E-state index contributed by atoms with van der Waals surface area (Å²) in [6.07, 6.45) is 2.67. The van der Waals surface area contributed by atoms with Gasteiger partial charge in [-0.1, -0.05) is 0 Å². The molecule has 0 radical (unpaired) electrons. The Hall–Kier alpha value is -1.23. The van der Waals surface area contributed by atoms with Crippen LogP contribution in [0.5, 0.6) is 0 Å². The number of nitrogens with zero attached hydrogens (tertiary/aromatic N) is 1.